The highest BCUT2D eigenvalue weighted by atomic mass is 19.4. The van der Waals surface area contributed by atoms with E-state index >= 15 is 0 Å². The van der Waals surface area contributed by atoms with Crippen molar-refractivity contribution in [1.29, 1.82) is 0 Å². The number of nitrogens with zero attached hydrogens (tertiary/aromatic N) is 2. The number of amides is 4. The van der Waals surface area contributed by atoms with Crippen LogP contribution in [0.4, 0.5) is 18.0 Å². The first-order chi connectivity index (χ1) is 20.0. The maximum Gasteiger partial charge on any atom is 0.452 e. The normalized spacial score (nSPS) is 18.7. The van der Waals surface area contributed by atoms with Crippen LogP contribution in [-0.2, 0) is 32.0 Å². The average Bonchev–Trinajstić information content (AvgIpc) is 3.47. The summed E-state index contributed by atoms with van der Waals surface area (Å²) in [6, 6.07) is 12.4. The van der Waals surface area contributed by atoms with E-state index < -0.39 is 47.9 Å². The predicted octanol–water partition coefficient (Wildman–Crippen LogP) is 2.82. The van der Waals surface area contributed by atoms with Gasteiger partial charge in [0.2, 0.25) is 11.8 Å². The number of benzene rings is 2. The van der Waals surface area contributed by atoms with Crippen LogP contribution in [0.25, 0.3) is 0 Å². The van der Waals surface area contributed by atoms with Gasteiger partial charge in [0, 0.05) is 45.3 Å². The highest BCUT2D eigenvalue weighted by Gasteiger charge is 2.45. The van der Waals surface area contributed by atoms with Crippen LogP contribution in [0.15, 0.2) is 60.7 Å². The number of hydrogen-bond donors (Lipinski definition) is 2. The molecule has 2 aliphatic heterocycles. The molecule has 9 nitrogen and oxygen atoms in total. The minimum Gasteiger partial charge on any atom is -0.344 e. The maximum atomic E-state index is 13.8. The number of nitrogens with one attached hydrogen (secondary N) is 2. The zero-order valence-corrected chi connectivity index (χ0v) is 22.9. The van der Waals surface area contributed by atoms with Gasteiger partial charge in [0.05, 0.1) is 0 Å². The van der Waals surface area contributed by atoms with Crippen molar-refractivity contribution in [3.05, 3.63) is 71.8 Å². The molecule has 0 aromatic heterocycles. The molecular weight excluding hydrogens is 553 g/mol. The van der Waals surface area contributed by atoms with E-state index in [-0.39, 0.29) is 57.5 Å². The Bertz CT molecular complexity index is 1280. The zero-order chi connectivity index (χ0) is 30.3. The van der Waals surface area contributed by atoms with Gasteiger partial charge in [-0.15, -0.1) is 0 Å². The summed E-state index contributed by atoms with van der Waals surface area (Å²) in [6.45, 7) is 0.607. The summed E-state index contributed by atoms with van der Waals surface area (Å²) < 4.78 is 40.2. The van der Waals surface area contributed by atoms with E-state index in [1.807, 2.05) is 0 Å². The van der Waals surface area contributed by atoms with Gasteiger partial charge in [0.25, 0.3) is 5.78 Å². The van der Waals surface area contributed by atoms with Gasteiger partial charge in [0.1, 0.15) is 23.9 Å². The minimum atomic E-state index is -5.16. The summed E-state index contributed by atoms with van der Waals surface area (Å²) in [5.74, 6) is -3.44. The number of halogens is 3. The number of ketones is 2. The second-order valence-corrected chi connectivity index (χ2v) is 10.5. The van der Waals surface area contributed by atoms with Gasteiger partial charge in [-0.1, -0.05) is 60.7 Å². The molecule has 2 N–H and O–H groups in total. The Morgan fingerprint density at radius 3 is 1.90 bits per heavy atom. The Hall–Kier alpha value is -4.22. The molecule has 2 aromatic carbocycles. The monoisotopic (exact) mass is 586 g/mol. The van der Waals surface area contributed by atoms with Gasteiger partial charge in [-0.05, 0) is 24.0 Å². The van der Waals surface area contributed by atoms with Crippen molar-refractivity contribution >= 4 is 29.4 Å². The molecule has 0 spiro atoms. The number of Topliss-reactive ketones (excluding diaryl/α,β-unsaturated/α-hetero) is 2. The molecule has 2 fully saturated rings. The first-order valence-electron chi connectivity index (χ1n) is 13.9. The fourth-order valence-corrected chi connectivity index (χ4v) is 5.28. The molecule has 2 aliphatic rings. The van der Waals surface area contributed by atoms with Crippen LogP contribution in [-0.4, -0.2) is 83.1 Å². The molecule has 3 atom stereocenters. The Kier molecular flexibility index (Phi) is 9.97. The van der Waals surface area contributed by atoms with Crippen molar-refractivity contribution in [3.63, 3.8) is 0 Å². The van der Waals surface area contributed by atoms with Crippen molar-refractivity contribution in [2.24, 2.45) is 0 Å². The maximum absolute atomic E-state index is 13.8. The average molecular weight is 587 g/mol. The van der Waals surface area contributed by atoms with E-state index in [0.717, 1.165) is 5.56 Å². The molecule has 0 bridgehead atoms. The van der Waals surface area contributed by atoms with Gasteiger partial charge in [-0.3, -0.25) is 19.2 Å². The Balaban J connectivity index is 1.51. The fourth-order valence-electron chi connectivity index (χ4n) is 5.28. The highest BCUT2D eigenvalue weighted by Crippen LogP contribution is 2.23. The van der Waals surface area contributed by atoms with E-state index in [1.54, 1.807) is 60.7 Å². The molecule has 0 aliphatic carbocycles. The molecule has 1 unspecified atom stereocenters. The van der Waals surface area contributed by atoms with Crippen LogP contribution in [0.1, 0.15) is 36.8 Å². The Labute approximate surface area is 241 Å². The summed E-state index contributed by atoms with van der Waals surface area (Å²) in [7, 11) is 0. The molecule has 0 radical (unpaired) electrons. The van der Waals surface area contributed by atoms with Gasteiger partial charge in [-0.25, -0.2) is 4.79 Å². The molecule has 4 amide bonds. The van der Waals surface area contributed by atoms with Crippen molar-refractivity contribution < 1.29 is 37.1 Å². The molecule has 12 heteroatoms. The third-order valence-electron chi connectivity index (χ3n) is 7.52. The molecule has 4 rings (SSSR count). The number of piperidine rings is 1. The van der Waals surface area contributed by atoms with Crippen LogP contribution >= 0.6 is 0 Å². The molecule has 224 valence electrons. The van der Waals surface area contributed by atoms with Gasteiger partial charge in [-0.2, -0.15) is 13.2 Å². The van der Waals surface area contributed by atoms with Crippen molar-refractivity contribution in [2.75, 3.05) is 19.6 Å². The van der Waals surface area contributed by atoms with Crippen LogP contribution in [0.5, 0.6) is 0 Å². The van der Waals surface area contributed by atoms with Crippen LogP contribution in [0.3, 0.4) is 0 Å². The lowest BCUT2D eigenvalue weighted by Crippen LogP contribution is -2.58. The number of urea groups is 1. The minimum absolute atomic E-state index is 0.0523. The largest absolute Gasteiger partial charge is 0.452 e. The first-order valence-corrected chi connectivity index (χ1v) is 13.9. The number of carbonyl (C=O) groups excluding carboxylic acids is 5. The number of alkyl halides is 3. The lowest BCUT2D eigenvalue weighted by atomic mass is 10.0. The van der Waals surface area contributed by atoms with E-state index in [0.29, 0.717) is 12.0 Å². The fraction of sp³-hybridized carbons (Fsp3) is 0.433. The number of rotatable bonds is 9. The molecule has 42 heavy (non-hydrogen) atoms. The van der Waals surface area contributed by atoms with Gasteiger partial charge in [0.15, 0.2) is 0 Å². The van der Waals surface area contributed by atoms with E-state index in [4.69, 9.17) is 0 Å². The summed E-state index contributed by atoms with van der Waals surface area (Å²) in [5, 5.41) is 5.00. The van der Waals surface area contributed by atoms with Crippen molar-refractivity contribution in [3.8, 4) is 0 Å². The smallest absolute Gasteiger partial charge is 0.344 e. The quantitative estimate of drug-likeness (QED) is 0.469. The van der Waals surface area contributed by atoms with E-state index in [1.165, 1.54) is 9.80 Å². The topological polar surface area (TPSA) is 116 Å². The van der Waals surface area contributed by atoms with Crippen LogP contribution in [0, 0.1) is 0 Å². The zero-order valence-electron chi connectivity index (χ0n) is 22.9. The number of hydrogen-bond acceptors (Lipinski definition) is 5. The standard InChI is InChI=1S/C30H33F3N4O5/c31-30(32,33)26(39)23(18-20-8-3-1-4-9-20)34-27(40)25-12-7-15-37(25)28(41)24(19-21-10-5-2-6-11-21)35-29(42)36-16-13-22(38)14-17-36/h1-6,8-11,23-25H,7,12-19H2,(H,34,40)(H,35,42)/t23?,24-,25-/m0/s1. The van der Waals surface area contributed by atoms with E-state index in [2.05, 4.69) is 10.6 Å². The number of carbonyl (C=O) groups is 5. The summed E-state index contributed by atoms with van der Waals surface area (Å²) in [6.07, 6.45) is -4.36. The molecule has 2 heterocycles. The van der Waals surface area contributed by atoms with Crippen molar-refractivity contribution in [2.45, 2.75) is 62.8 Å². The summed E-state index contributed by atoms with van der Waals surface area (Å²) in [5.41, 5.74) is 1.19. The SMILES string of the molecule is O=C1CCN(C(=O)N[C@@H](Cc2ccccc2)C(=O)N2CCC[C@H]2C(=O)NC(Cc2ccccc2)C(=O)C(F)(F)F)CC1. The first kappa shape index (κ1) is 30.7. The third kappa shape index (κ3) is 7.95. The molecule has 0 saturated carbocycles. The lowest BCUT2D eigenvalue weighted by Gasteiger charge is -2.32. The van der Waals surface area contributed by atoms with Crippen LogP contribution < -0.4 is 10.6 Å². The molecule has 2 saturated heterocycles. The van der Waals surface area contributed by atoms with Gasteiger partial charge >= 0.3 is 12.2 Å². The Morgan fingerprint density at radius 2 is 1.36 bits per heavy atom. The van der Waals surface area contributed by atoms with Gasteiger partial charge < -0.3 is 20.4 Å². The van der Waals surface area contributed by atoms with Crippen molar-refractivity contribution in [1.82, 2.24) is 20.4 Å². The lowest BCUT2D eigenvalue weighted by molar-refractivity contribution is -0.173. The van der Waals surface area contributed by atoms with Crippen LogP contribution in [0.2, 0.25) is 0 Å². The summed E-state index contributed by atoms with van der Waals surface area (Å²) >= 11 is 0. The number of likely N-dealkylation sites (tertiary alicyclic amines) is 2. The summed E-state index contributed by atoms with van der Waals surface area (Å²) in [4.78, 5) is 66.8. The van der Waals surface area contributed by atoms with E-state index in [9.17, 15) is 37.1 Å². The second kappa shape index (κ2) is 13.6. The predicted molar refractivity (Wildman–Crippen MR) is 146 cm³/mol. The third-order valence-corrected chi connectivity index (χ3v) is 7.52. The molecular formula is C30H33F3N4O5. The Morgan fingerprint density at radius 1 is 0.810 bits per heavy atom. The molecule has 2 aromatic rings. The second-order valence-electron chi connectivity index (χ2n) is 10.5. The highest BCUT2D eigenvalue weighted by molar-refractivity contribution is 5.96.